The van der Waals surface area contributed by atoms with Gasteiger partial charge in [-0.25, -0.2) is 14.6 Å². The van der Waals surface area contributed by atoms with Crippen LogP contribution in [0.2, 0.25) is 0 Å². The van der Waals surface area contributed by atoms with Crippen LogP contribution in [0.15, 0.2) is 66.9 Å². The standard InChI is InChI=1S/C14H15N3O4.C12H14N2O4/c1-9(18)17(12(14(20)21)8-13(15)19)16-7-6-10-4-2-3-5-11(10)16;13-10(15)7-9(12(17)18)14-11(16)6-8-4-2-1-3-5-8/h2-7,12H,8H2,1H3,(H2,15,19)(H,20,21);1-5,9H,6-7H2,(H2,13,15)(H,14,16)(H,17,18)/t12-;9-/m00/s1. The second kappa shape index (κ2) is 13.9. The summed E-state index contributed by atoms with van der Waals surface area (Å²) in [5.41, 5.74) is 11.4. The van der Waals surface area contributed by atoms with Crippen LogP contribution in [0.1, 0.15) is 25.3 Å². The lowest BCUT2D eigenvalue weighted by atomic mass is 10.1. The first-order chi connectivity index (χ1) is 18.4. The number of aromatic nitrogens is 1. The quantitative estimate of drug-likeness (QED) is 0.225. The molecular weight excluding hydrogens is 510 g/mol. The largest absolute Gasteiger partial charge is 0.480 e. The summed E-state index contributed by atoms with van der Waals surface area (Å²) in [6.07, 6.45) is 0.768. The Bertz CT molecular complexity index is 1350. The number of benzene rings is 2. The predicted molar refractivity (Wildman–Crippen MR) is 140 cm³/mol. The predicted octanol–water partition coefficient (Wildman–Crippen LogP) is 0.128. The summed E-state index contributed by atoms with van der Waals surface area (Å²) >= 11 is 0. The van der Waals surface area contributed by atoms with Crippen LogP contribution in [-0.4, -0.2) is 62.5 Å². The van der Waals surface area contributed by atoms with E-state index in [1.807, 2.05) is 18.2 Å². The molecule has 0 fully saturated rings. The van der Waals surface area contributed by atoms with Gasteiger partial charge in [-0.05, 0) is 17.7 Å². The number of carbonyl (C=O) groups excluding carboxylic acids is 4. The molecule has 206 valence electrons. The number of carbonyl (C=O) groups is 6. The molecular formula is C26H29N5O8. The Labute approximate surface area is 222 Å². The highest BCUT2D eigenvalue weighted by Gasteiger charge is 2.31. The van der Waals surface area contributed by atoms with Crippen molar-refractivity contribution in [2.75, 3.05) is 5.01 Å². The highest BCUT2D eigenvalue weighted by atomic mass is 16.4. The van der Waals surface area contributed by atoms with Gasteiger partial charge in [-0.1, -0.05) is 48.5 Å². The summed E-state index contributed by atoms with van der Waals surface area (Å²) in [6, 6.07) is 15.2. The Hall–Kier alpha value is -5.20. The van der Waals surface area contributed by atoms with E-state index >= 15 is 0 Å². The average Bonchev–Trinajstić information content (AvgIpc) is 3.27. The monoisotopic (exact) mass is 539 g/mol. The zero-order valence-corrected chi connectivity index (χ0v) is 21.0. The smallest absolute Gasteiger partial charge is 0.329 e. The Morgan fingerprint density at radius 2 is 1.44 bits per heavy atom. The lowest BCUT2D eigenvalue weighted by Crippen LogP contribution is -2.52. The zero-order valence-electron chi connectivity index (χ0n) is 21.0. The Balaban J connectivity index is 0.000000277. The highest BCUT2D eigenvalue weighted by Crippen LogP contribution is 2.18. The maximum atomic E-state index is 11.9. The molecule has 0 bridgehead atoms. The number of aliphatic carboxylic acids is 2. The van der Waals surface area contributed by atoms with Crippen LogP contribution in [0.4, 0.5) is 0 Å². The van der Waals surface area contributed by atoms with Gasteiger partial charge >= 0.3 is 11.9 Å². The van der Waals surface area contributed by atoms with Crippen LogP contribution in [0.3, 0.4) is 0 Å². The van der Waals surface area contributed by atoms with Gasteiger partial charge in [-0.3, -0.25) is 23.9 Å². The molecule has 3 aromatic rings. The molecule has 0 aliphatic heterocycles. The molecule has 0 aliphatic rings. The molecule has 39 heavy (non-hydrogen) atoms. The van der Waals surface area contributed by atoms with Gasteiger partial charge in [0.25, 0.3) is 0 Å². The van der Waals surface area contributed by atoms with Crippen molar-refractivity contribution in [1.82, 2.24) is 9.99 Å². The number of carboxylic acid groups (broad SMARTS) is 2. The van der Waals surface area contributed by atoms with Crippen LogP contribution in [0, 0.1) is 0 Å². The Morgan fingerprint density at radius 3 is 1.97 bits per heavy atom. The fourth-order valence-corrected chi connectivity index (χ4v) is 3.67. The summed E-state index contributed by atoms with van der Waals surface area (Å²) in [5, 5.41) is 22.2. The molecule has 0 saturated carbocycles. The summed E-state index contributed by atoms with van der Waals surface area (Å²) in [6.45, 7) is 1.24. The van der Waals surface area contributed by atoms with Gasteiger partial charge < -0.3 is 27.0 Å². The maximum absolute atomic E-state index is 11.9. The molecule has 13 heteroatoms. The third kappa shape index (κ3) is 9.00. The van der Waals surface area contributed by atoms with Crippen molar-refractivity contribution in [2.45, 2.75) is 38.3 Å². The van der Waals surface area contributed by atoms with Crippen LogP contribution < -0.4 is 21.8 Å². The molecule has 2 aromatic carbocycles. The minimum Gasteiger partial charge on any atom is -0.480 e. The SMILES string of the molecule is CC(=O)N([C@@H](CC(N)=O)C(=O)O)n1ccc2ccccc21.NC(=O)C[C@H](NC(=O)Cc1ccccc1)C(=O)O. The lowest BCUT2D eigenvalue weighted by molar-refractivity contribution is -0.143. The molecule has 0 unspecified atom stereocenters. The van der Waals surface area contributed by atoms with Gasteiger partial charge in [0.2, 0.25) is 23.6 Å². The van der Waals surface area contributed by atoms with Gasteiger partial charge in [-0.15, -0.1) is 0 Å². The summed E-state index contributed by atoms with van der Waals surface area (Å²) in [5.74, 6) is -5.09. The number of carboxylic acids is 2. The number of nitrogens with zero attached hydrogens (tertiary/aromatic N) is 2. The fraction of sp³-hybridized carbons (Fsp3) is 0.231. The Kier molecular flexibility index (Phi) is 10.7. The van der Waals surface area contributed by atoms with E-state index in [4.69, 9.17) is 16.6 Å². The van der Waals surface area contributed by atoms with Gasteiger partial charge in [0, 0.05) is 18.5 Å². The van der Waals surface area contributed by atoms with Gasteiger partial charge in [0.15, 0.2) is 6.04 Å². The number of fused-ring (bicyclic) bond motifs is 1. The topological polar surface area (TPSA) is 215 Å². The van der Waals surface area contributed by atoms with Crippen molar-refractivity contribution in [1.29, 1.82) is 0 Å². The van der Waals surface area contributed by atoms with E-state index in [9.17, 15) is 33.9 Å². The minimum atomic E-state index is -1.35. The number of para-hydroxylation sites is 1. The molecule has 0 radical (unpaired) electrons. The molecule has 3 rings (SSSR count). The van der Waals surface area contributed by atoms with Crippen LogP contribution >= 0.6 is 0 Å². The van der Waals surface area contributed by atoms with Crippen molar-refractivity contribution < 1.29 is 39.0 Å². The molecule has 1 heterocycles. The lowest BCUT2D eigenvalue weighted by Gasteiger charge is -2.28. The van der Waals surface area contributed by atoms with Crippen molar-refractivity contribution in [3.8, 4) is 0 Å². The van der Waals surface area contributed by atoms with Crippen molar-refractivity contribution >= 4 is 46.5 Å². The first-order valence-corrected chi connectivity index (χ1v) is 11.6. The number of nitrogens with one attached hydrogen (secondary N) is 1. The van der Waals surface area contributed by atoms with E-state index < -0.39 is 60.5 Å². The molecule has 0 saturated heterocycles. The summed E-state index contributed by atoms with van der Waals surface area (Å²) in [4.78, 5) is 67.4. The van der Waals surface area contributed by atoms with Gasteiger partial charge in [0.05, 0.1) is 24.8 Å². The highest BCUT2D eigenvalue weighted by molar-refractivity contribution is 5.96. The minimum absolute atomic E-state index is 0.0589. The van der Waals surface area contributed by atoms with Gasteiger partial charge in [-0.2, -0.15) is 0 Å². The molecule has 0 aliphatic carbocycles. The third-order valence-corrected chi connectivity index (χ3v) is 5.35. The number of amides is 4. The van der Waals surface area contributed by atoms with E-state index in [0.717, 1.165) is 16.0 Å². The van der Waals surface area contributed by atoms with E-state index in [-0.39, 0.29) is 6.42 Å². The van der Waals surface area contributed by atoms with Gasteiger partial charge in [0.1, 0.15) is 6.04 Å². The molecule has 0 spiro atoms. The summed E-state index contributed by atoms with van der Waals surface area (Å²) in [7, 11) is 0. The maximum Gasteiger partial charge on any atom is 0.329 e. The number of hydrogen-bond donors (Lipinski definition) is 5. The molecule has 2 atom stereocenters. The van der Waals surface area contributed by atoms with Crippen molar-refractivity contribution in [3.63, 3.8) is 0 Å². The second-order valence-electron chi connectivity index (χ2n) is 8.40. The number of nitrogens with two attached hydrogens (primary N) is 2. The van der Waals surface area contributed by atoms with E-state index in [2.05, 4.69) is 5.32 Å². The van der Waals surface area contributed by atoms with E-state index in [0.29, 0.717) is 5.52 Å². The average molecular weight is 540 g/mol. The molecule has 1 aromatic heterocycles. The van der Waals surface area contributed by atoms with Crippen molar-refractivity contribution in [2.24, 2.45) is 11.5 Å². The third-order valence-electron chi connectivity index (χ3n) is 5.35. The van der Waals surface area contributed by atoms with Crippen LogP contribution in [-0.2, 0) is 35.2 Å². The number of hydrogen-bond acceptors (Lipinski definition) is 6. The molecule has 13 nitrogen and oxygen atoms in total. The number of primary amides is 2. The normalized spacial score (nSPS) is 11.8. The van der Waals surface area contributed by atoms with Crippen LogP contribution in [0.25, 0.3) is 10.9 Å². The Morgan fingerprint density at radius 1 is 0.846 bits per heavy atom. The first kappa shape index (κ1) is 30.0. The fourth-order valence-electron chi connectivity index (χ4n) is 3.67. The first-order valence-electron chi connectivity index (χ1n) is 11.6. The number of rotatable bonds is 11. The van der Waals surface area contributed by atoms with Crippen molar-refractivity contribution in [3.05, 3.63) is 72.4 Å². The zero-order chi connectivity index (χ0) is 29.1. The van der Waals surface area contributed by atoms with E-state index in [1.54, 1.807) is 48.7 Å². The molecule has 4 amide bonds. The molecule has 7 N–H and O–H groups in total. The van der Waals surface area contributed by atoms with E-state index in [1.165, 1.54) is 11.6 Å². The van der Waals surface area contributed by atoms with Crippen LogP contribution in [0.5, 0.6) is 0 Å². The second-order valence-corrected chi connectivity index (χ2v) is 8.40. The summed E-state index contributed by atoms with van der Waals surface area (Å²) < 4.78 is 1.43.